The lowest BCUT2D eigenvalue weighted by Crippen LogP contribution is -2.43. The van der Waals surface area contributed by atoms with Crippen molar-refractivity contribution in [3.05, 3.63) is 20.8 Å². The fraction of sp³-hybridized carbons (Fsp3) is 0.500. The molecule has 6 heteroatoms. The molecule has 1 amide bonds. The van der Waals surface area contributed by atoms with E-state index in [1.165, 1.54) is 11.3 Å². The molecule has 1 fully saturated rings. The van der Waals surface area contributed by atoms with E-state index in [9.17, 15) is 9.90 Å². The number of ether oxygens (including phenoxy) is 1. The number of carbonyl (C=O) groups excluding carboxylic acids is 1. The minimum atomic E-state index is -0.903. The maximum atomic E-state index is 11.7. The Balaban J connectivity index is 1.91. The van der Waals surface area contributed by atoms with Crippen LogP contribution in [0.1, 0.15) is 16.1 Å². The molecule has 0 spiro atoms. The Labute approximate surface area is 106 Å². The van der Waals surface area contributed by atoms with Crippen LogP contribution in [-0.2, 0) is 4.74 Å². The number of carbonyl (C=O) groups is 1. The maximum absolute atomic E-state index is 11.7. The number of rotatable bonds is 3. The first kappa shape index (κ1) is 12.0. The Morgan fingerprint density at radius 3 is 3.12 bits per heavy atom. The molecular formula is C10H12BrNO3S. The normalized spacial score (nSPS) is 24.6. The largest absolute Gasteiger partial charge is 0.386 e. The maximum Gasteiger partial charge on any atom is 0.262 e. The van der Waals surface area contributed by atoms with Crippen molar-refractivity contribution in [3.8, 4) is 0 Å². The van der Waals surface area contributed by atoms with Crippen molar-refractivity contribution in [2.75, 3.05) is 19.8 Å². The van der Waals surface area contributed by atoms with Crippen LogP contribution in [0.4, 0.5) is 0 Å². The summed E-state index contributed by atoms with van der Waals surface area (Å²) < 4.78 is 5.88. The minimum Gasteiger partial charge on any atom is -0.386 e. The van der Waals surface area contributed by atoms with Gasteiger partial charge in [0, 0.05) is 24.0 Å². The van der Waals surface area contributed by atoms with Crippen LogP contribution in [-0.4, -0.2) is 36.4 Å². The predicted octanol–water partition coefficient (Wildman–Crippen LogP) is 1.39. The van der Waals surface area contributed by atoms with Crippen LogP contribution in [0.5, 0.6) is 0 Å². The zero-order valence-corrected chi connectivity index (χ0v) is 10.9. The number of thiophene rings is 1. The van der Waals surface area contributed by atoms with Gasteiger partial charge in [-0.1, -0.05) is 0 Å². The molecule has 1 aromatic heterocycles. The Kier molecular flexibility index (Phi) is 3.63. The van der Waals surface area contributed by atoms with Crippen LogP contribution in [0.3, 0.4) is 0 Å². The molecule has 0 bridgehead atoms. The van der Waals surface area contributed by atoms with Crippen LogP contribution in [0, 0.1) is 0 Å². The lowest BCUT2D eigenvalue weighted by Gasteiger charge is -2.20. The van der Waals surface area contributed by atoms with E-state index in [1.54, 1.807) is 0 Å². The summed E-state index contributed by atoms with van der Waals surface area (Å²) in [6.45, 7) is 1.07. The Morgan fingerprint density at radius 1 is 1.75 bits per heavy atom. The van der Waals surface area contributed by atoms with Crippen LogP contribution >= 0.6 is 27.3 Å². The second-order valence-electron chi connectivity index (χ2n) is 3.81. The smallest absolute Gasteiger partial charge is 0.262 e. The Morgan fingerprint density at radius 2 is 2.56 bits per heavy atom. The summed E-state index contributed by atoms with van der Waals surface area (Å²) in [7, 11) is 0. The first-order valence-corrected chi connectivity index (χ1v) is 6.59. The van der Waals surface area contributed by atoms with Crippen molar-refractivity contribution in [1.29, 1.82) is 0 Å². The summed E-state index contributed by atoms with van der Waals surface area (Å²) in [5.74, 6) is -0.165. The molecule has 2 rings (SSSR count). The van der Waals surface area contributed by atoms with Gasteiger partial charge in [0.25, 0.3) is 5.91 Å². The van der Waals surface area contributed by atoms with E-state index < -0.39 is 5.60 Å². The molecule has 16 heavy (non-hydrogen) atoms. The van der Waals surface area contributed by atoms with Gasteiger partial charge in [-0.15, -0.1) is 11.3 Å². The summed E-state index contributed by atoms with van der Waals surface area (Å²) in [6.07, 6.45) is 0.568. The molecule has 1 atom stereocenters. The van der Waals surface area contributed by atoms with Crippen LogP contribution < -0.4 is 5.32 Å². The summed E-state index contributed by atoms with van der Waals surface area (Å²) in [6, 6.07) is 1.83. The van der Waals surface area contributed by atoms with Gasteiger partial charge in [0.05, 0.1) is 6.61 Å². The summed E-state index contributed by atoms with van der Waals surface area (Å²) >= 11 is 4.66. The van der Waals surface area contributed by atoms with Gasteiger partial charge in [0.15, 0.2) is 0 Å². The van der Waals surface area contributed by atoms with Crippen molar-refractivity contribution in [1.82, 2.24) is 5.32 Å². The molecule has 0 saturated carbocycles. The number of hydrogen-bond acceptors (Lipinski definition) is 4. The molecule has 88 valence electrons. The third-order valence-electron chi connectivity index (χ3n) is 2.48. The Hall–Kier alpha value is -0.430. The van der Waals surface area contributed by atoms with Crippen LogP contribution in [0.25, 0.3) is 0 Å². The number of halogens is 1. The number of amides is 1. The topological polar surface area (TPSA) is 58.6 Å². The van der Waals surface area contributed by atoms with E-state index in [0.717, 1.165) is 4.47 Å². The fourth-order valence-corrected chi connectivity index (χ4v) is 2.98. The van der Waals surface area contributed by atoms with Gasteiger partial charge in [-0.2, -0.15) is 0 Å². The highest BCUT2D eigenvalue weighted by Gasteiger charge is 2.32. The van der Waals surface area contributed by atoms with E-state index in [-0.39, 0.29) is 12.5 Å². The fourth-order valence-electron chi connectivity index (χ4n) is 1.52. The molecule has 0 radical (unpaired) electrons. The SMILES string of the molecule is O=C(NC[C@]1(O)CCOC1)c1sccc1Br. The second kappa shape index (κ2) is 4.83. The van der Waals surface area contributed by atoms with Crippen LogP contribution in [0.15, 0.2) is 15.9 Å². The number of hydrogen-bond donors (Lipinski definition) is 2. The number of nitrogens with one attached hydrogen (secondary N) is 1. The van der Waals surface area contributed by atoms with Gasteiger partial charge < -0.3 is 15.2 Å². The highest BCUT2D eigenvalue weighted by Crippen LogP contribution is 2.23. The molecule has 4 nitrogen and oxygen atoms in total. The average Bonchev–Trinajstić information content (AvgIpc) is 2.85. The molecular weight excluding hydrogens is 294 g/mol. The molecule has 0 aliphatic carbocycles. The lowest BCUT2D eigenvalue weighted by molar-refractivity contribution is 0.0265. The van der Waals surface area contributed by atoms with Gasteiger partial charge in [-0.05, 0) is 27.4 Å². The third-order valence-corrected chi connectivity index (χ3v) is 4.32. The van der Waals surface area contributed by atoms with E-state index in [2.05, 4.69) is 21.2 Å². The number of aliphatic hydroxyl groups is 1. The highest BCUT2D eigenvalue weighted by molar-refractivity contribution is 9.10. The lowest BCUT2D eigenvalue weighted by atomic mass is 10.0. The molecule has 1 aliphatic heterocycles. The minimum absolute atomic E-state index is 0.165. The second-order valence-corrected chi connectivity index (χ2v) is 5.58. The first-order valence-electron chi connectivity index (χ1n) is 4.92. The van der Waals surface area contributed by atoms with Crippen molar-refractivity contribution in [2.45, 2.75) is 12.0 Å². The predicted molar refractivity (Wildman–Crippen MR) is 64.7 cm³/mol. The molecule has 2 N–H and O–H groups in total. The summed E-state index contributed by atoms with van der Waals surface area (Å²) in [5.41, 5.74) is -0.903. The quantitative estimate of drug-likeness (QED) is 0.887. The Bertz CT molecular complexity index is 387. The molecule has 1 aliphatic rings. The summed E-state index contributed by atoms with van der Waals surface area (Å²) in [4.78, 5) is 12.4. The van der Waals surface area contributed by atoms with Crippen molar-refractivity contribution in [2.24, 2.45) is 0 Å². The van der Waals surface area contributed by atoms with Crippen molar-refractivity contribution >= 4 is 33.2 Å². The standard InChI is InChI=1S/C10H12BrNO3S/c11-7-1-4-16-8(7)9(13)12-5-10(14)2-3-15-6-10/h1,4,14H,2-3,5-6H2,(H,12,13)/t10-/m1/s1. The van der Waals surface area contributed by atoms with Crippen molar-refractivity contribution in [3.63, 3.8) is 0 Å². The van der Waals surface area contributed by atoms with Gasteiger partial charge in [-0.25, -0.2) is 0 Å². The zero-order valence-electron chi connectivity index (χ0n) is 8.53. The van der Waals surface area contributed by atoms with Gasteiger partial charge in [0.2, 0.25) is 0 Å². The molecule has 1 saturated heterocycles. The molecule has 0 aromatic carbocycles. The summed E-state index contributed by atoms with van der Waals surface area (Å²) in [5, 5.41) is 14.5. The molecule has 0 unspecified atom stereocenters. The molecule has 2 heterocycles. The third kappa shape index (κ3) is 2.63. The zero-order chi connectivity index (χ0) is 11.6. The molecule has 1 aromatic rings. The van der Waals surface area contributed by atoms with E-state index in [4.69, 9.17) is 4.74 Å². The van der Waals surface area contributed by atoms with Gasteiger partial charge in [0.1, 0.15) is 10.5 Å². The highest BCUT2D eigenvalue weighted by atomic mass is 79.9. The monoisotopic (exact) mass is 305 g/mol. The van der Waals surface area contributed by atoms with E-state index >= 15 is 0 Å². The van der Waals surface area contributed by atoms with Crippen molar-refractivity contribution < 1.29 is 14.6 Å². The van der Waals surface area contributed by atoms with E-state index in [0.29, 0.717) is 24.5 Å². The van der Waals surface area contributed by atoms with E-state index in [1.807, 2.05) is 11.4 Å². The van der Waals surface area contributed by atoms with Gasteiger partial charge >= 0.3 is 0 Å². The first-order chi connectivity index (χ1) is 7.61. The van der Waals surface area contributed by atoms with Gasteiger partial charge in [-0.3, -0.25) is 4.79 Å². The van der Waals surface area contributed by atoms with Crippen LogP contribution in [0.2, 0.25) is 0 Å². The average molecular weight is 306 g/mol.